The Hall–Kier alpha value is -2.84. The number of carbonyl (C=O) groups is 1. The van der Waals surface area contributed by atoms with Gasteiger partial charge in [0.2, 0.25) is 0 Å². The second-order valence-corrected chi connectivity index (χ2v) is 8.99. The Balaban J connectivity index is 1.36. The first-order valence-electron chi connectivity index (χ1n) is 11.1. The van der Waals surface area contributed by atoms with Crippen molar-refractivity contribution in [1.82, 2.24) is 19.6 Å². The largest absolute Gasteiger partial charge is 0.416 e. The molecule has 0 unspecified atom stereocenters. The van der Waals surface area contributed by atoms with Gasteiger partial charge < -0.3 is 4.90 Å². The third kappa shape index (κ3) is 5.45. The summed E-state index contributed by atoms with van der Waals surface area (Å²) in [5, 5.41) is 5.10. The van der Waals surface area contributed by atoms with Gasteiger partial charge in [-0.2, -0.15) is 18.3 Å². The van der Waals surface area contributed by atoms with Gasteiger partial charge in [0.25, 0.3) is 5.91 Å². The van der Waals surface area contributed by atoms with Gasteiger partial charge in [-0.25, -0.2) is 0 Å². The molecule has 0 N–H and O–H groups in total. The van der Waals surface area contributed by atoms with Gasteiger partial charge in [0.1, 0.15) is 0 Å². The fourth-order valence-corrected chi connectivity index (χ4v) is 4.34. The summed E-state index contributed by atoms with van der Waals surface area (Å²) in [7, 11) is 0. The van der Waals surface area contributed by atoms with Crippen LogP contribution in [0.15, 0.2) is 48.5 Å². The van der Waals surface area contributed by atoms with Crippen molar-refractivity contribution in [3.63, 3.8) is 0 Å². The maximum atomic E-state index is 13.1. The summed E-state index contributed by atoms with van der Waals surface area (Å²) in [6.07, 6.45) is -4.35. The molecule has 1 aliphatic heterocycles. The van der Waals surface area contributed by atoms with Gasteiger partial charge in [0.15, 0.2) is 0 Å². The predicted molar refractivity (Wildman–Crippen MR) is 125 cm³/mol. The van der Waals surface area contributed by atoms with Crippen molar-refractivity contribution in [2.45, 2.75) is 33.1 Å². The van der Waals surface area contributed by atoms with E-state index in [2.05, 4.69) is 10.00 Å². The van der Waals surface area contributed by atoms with Gasteiger partial charge in [-0.05, 0) is 43.2 Å². The minimum atomic E-state index is -4.35. The number of halogens is 4. The number of hydrogen-bond donors (Lipinski definition) is 0. The van der Waals surface area contributed by atoms with Gasteiger partial charge in [0, 0.05) is 38.3 Å². The number of alkyl halides is 3. The molecule has 1 amide bonds. The molecule has 2 heterocycles. The molecule has 1 fully saturated rings. The van der Waals surface area contributed by atoms with Crippen LogP contribution in [-0.2, 0) is 19.3 Å². The second-order valence-electron chi connectivity index (χ2n) is 8.61. The Morgan fingerprint density at radius 3 is 2.24 bits per heavy atom. The monoisotopic (exact) mass is 490 g/mol. The first kappa shape index (κ1) is 24.3. The van der Waals surface area contributed by atoms with Crippen molar-refractivity contribution >= 4 is 17.5 Å². The van der Waals surface area contributed by atoms with Crippen LogP contribution in [0.1, 0.15) is 38.4 Å². The fraction of sp³-hybridized carbons (Fsp3) is 0.360. The summed E-state index contributed by atoms with van der Waals surface area (Å²) in [6.45, 7) is 6.97. The summed E-state index contributed by atoms with van der Waals surface area (Å²) < 4.78 is 40.7. The van der Waals surface area contributed by atoms with Crippen LogP contribution in [-0.4, -0.2) is 51.7 Å². The molecule has 4 rings (SSSR count). The van der Waals surface area contributed by atoms with Crippen molar-refractivity contribution in [2.24, 2.45) is 0 Å². The summed E-state index contributed by atoms with van der Waals surface area (Å²) in [4.78, 5) is 17.0. The zero-order chi connectivity index (χ0) is 24.5. The van der Waals surface area contributed by atoms with E-state index in [1.54, 1.807) is 17.0 Å². The summed E-state index contributed by atoms with van der Waals surface area (Å²) >= 11 is 6.24. The number of nitrogens with zero attached hydrogens (tertiary/aromatic N) is 4. The first-order valence-corrected chi connectivity index (χ1v) is 11.5. The van der Waals surface area contributed by atoms with E-state index in [9.17, 15) is 18.0 Å². The van der Waals surface area contributed by atoms with E-state index < -0.39 is 11.7 Å². The van der Waals surface area contributed by atoms with E-state index >= 15 is 0 Å². The van der Waals surface area contributed by atoms with Crippen molar-refractivity contribution in [2.75, 3.05) is 26.2 Å². The highest BCUT2D eigenvalue weighted by atomic mass is 35.5. The molecule has 0 aliphatic carbocycles. The Labute approximate surface area is 201 Å². The molecule has 0 spiro atoms. The van der Waals surface area contributed by atoms with Crippen LogP contribution in [0.5, 0.6) is 0 Å². The highest BCUT2D eigenvalue weighted by molar-refractivity contribution is 6.31. The number of carbonyl (C=O) groups excluding carboxylic acids is 1. The Bertz CT molecular complexity index is 1180. The molecule has 1 saturated heterocycles. The number of amides is 1. The predicted octanol–water partition coefficient (Wildman–Crippen LogP) is 5.18. The standard InChI is InChI=1S/C25H26ClF3N4O/c1-17-23(26)18(2)33(30-17)16-19-5-3-7-21(13-19)24(34)32-11-9-31(10-12-32)15-20-6-4-8-22(14-20)25(27,28)29/h3-8,13-14H,9-12,15-16H2,1-2H3. The quantitative estimate of drug-likeness (QED) is 0.495. The molecule has 9 heteroatoms. The molecule has 1 aliphatic rings. The van der Waals surface area contributed by atoms with Gasteiger partial charge in [-0.15, -0.1) is 0 Å². The normalized spacial score (nSPS) is 15.1. The molecule has 5 nitrogen and oxygen atoms in total. The lowest BCUT2D eigenvalue weighted by Gasteiger charge is -2.35. The molecular weight excluding hydrogens is 465 g/mol. The number of rotatable bonds is 5. The average Bonchev–Trinajstić information content (AvgIpc) is 3.05. The van der Waals surface area contributed by atoms with Crippen LogP contribution in [0.3, 0.4) is 0 Å². The number of benzene rings is 2. The molecule has 3 aromatic rings. The zero-order valence-corrected chi connectivity index (χ0v) is 19.8. The smallest absolute Gasteiger partial charge is 0.336 e. The summed E-state index contributed by atoms with van der Waals surface area (Å²) in [5.74, 6) is -0.0491. The minimum absolute atomic E-state index is 0.0491. The van der Waals surface area contributed by atoms with Crippen molar-refractivity contribution in [3.05, 3.63) is 87.2 Å². The number of hydrogen-bond acceptors (Lipinski definition) is 3. The van der Waals surface area contributed by atoms with E-state index in [1.807, 2.05) is 36.7 Å². The summed E-state index contributed by atoms with van der Waals surface area (Å²) in [6, 6.07) is 12.9. The average molecular weight is 491 g/mol. The van der Waals surface area contributed by atoms with Crippen LogP contribution in [0.2, 0.25) is 5.02 Å². The molecule has 1 aromatic heterocycles. The third-order valence-corrected chi connectivity index (χ3v) is 6.67. The molecule has 180 valence electrons. The van der Waals surface area contributed by atoms with Crippen molar-refractivity contribution in [1.29, 1.82) is 0 Å². The van der Waals surface area contributed by atoms with E-state index in [0.717, 1.165) is 23.0 Å². The number of aromatic nitrogens is 2. The van der Waals surface area contributed by atoms with Crippen molar-refractivity contribution in [3.8, 4) is 0 Å². The van der Waals surface area contributed by atoms with Gasteiger partial charge in [0.05, 0.1) is 28.5 Å². The molecule has 0 atom stereocenters. The molecule has 2 aromatic carbocycles. The molecular formula is C25H26ClF3N4O. The maximum Gasteiger partial charge on any atom is 0.416 e. The highest BCUT2D eigenvalue weighted by Gasteiger charge is 2.30. The van der Waals surface area contributed by atoms with Crippen LogP contribution < -0.4 is 0 Å². The van der Waals surface area contributed by atoms with Gasteiger partial charge >= 0.3 is 6.18 Å². The molecule has 0 saturated carbocycles. The van der Waals surface area contributed by atoms with Crippen LogP contribution >= 0.6 is 11.6 Å². The van der Waals surface area contributed by atoms with Gasteiger partial charge in [-0.1, -0.05) is 41.9 Å². The molecule has 0 radical (unpaired) electrons. The highest BCUT2D eigenvalue weighted by Crippen LogP contribution is 2.30. The molecule has 0 bridgehead atoms. The van der Waals surface area contributed by atoms with Gasteiger partial charge in [-0.3, -0.25) is 14.4 Å². The zero-order valence-electron chi connectivity index (χ0n) is 19.1. The SMILES string of the molecule is Cc1nn(Cc2cccc(C(=O)N3CCN(Cc4cccc(C(F)(F)F)c4)CC3)c2)c(C)c1Cl. The lowest BCUT2D eigenvalue weighted by atomic mass is 10.1. The topological polar surface area (TPSA) is 41.4 Å². The lowest BCUT2D eigenvalue weighted by molar-refractivity contribution is -0.137. The van der Waals surface area contributed by atoms with E-state index in [-0.39, 0.29) is 5.91 Å². The Morgan fingerprint density at radius 2 is 1.62 bits per heavy atom. The fourth-order valence-electron chi connectivity index (χ4n) is 4.20. The molecule has 34 heavy (non-hydrogen) atoms. The second kappa shape index (κ2) is 9.80. The van der Waals surface area contributed by atoms with E-state index in [1.165, 1.54) is 12.1 Å². The first-order chi connectivity index (χ1) is 16.1. The third-order valence-electron chi connectivity index (χ3n) is 6.12. The summed E-state index contributed by atoms with van der Waals surface area (Å²) in [5.41, 5.74) is 3.20. The maximum absolute atomic E-state index is 13.1. The Kier molecular flexibility index (Phi) is 7.00. The Morgan fingerprint density at radius 1 is 0.971 bits per heavy atom. The van der Waals surface area contributed by atoms with Crippen LogP contribution in [0.4, 0.5) is 13.2 Å². The van der Waals surface area contributed by atoms with Crippen molar-refractivity contribution < 1.29 is 18.0 Å². The lowest BCUT2D eigenvalue weighted by Crippen LogP contribution is -2.48. The van der Waals surface area contributed by atoms with E-state index in [0.29, 0.717) is 55.4 Å². The minimum Gasteiger partial charge on any atom is -0.336 e. The number of piperazine rings is 1. The number of aryl methyl sites for hydroxylation is 1. The van der Waals surface area contributed by atoms with Crippen LogP contribution in [0, 0.1) is 13.8 Å². The van der Waals surface area contributed by atoms with E-state index in [4.69, 9.17) is 11.6 Å². The van der Waals surface area contributed by atoms with Crippen LogP contribution in [0.25, 0.3) is 0 Å².